The molecule has 3 fully saturated rings. The van der Waals surface area contributed by atoms with Gasteiger partial charge in [-0.2, -0.15) is 0 Å². The van der Waals surface area contributed by atoms with Crippen molar-refractivity contribution in [2.24, 2.45) is 28.6 Å². The standard InChI is InChI=1S/C49H55NO13/c1-26-36-39(60-29(4)51)41(54)47(8)34(53)24-35-48(25-59-35,63-30(5)52)40(47)42(62-45(57)33-22-16-11-17-23-33)49(58,46(36,6)7)28(3)38(26)61-44(56)27(2)37(31-18-12-9-13-19-31)50-43(55)32-20-14-10-15-21-32/h9-23,27-28,34-35,37-40,42,53,58H,24-25H2,1-8H3,(H,50,55). The second-order valence-electron chi connectivity index (χ2n) is 18.1. The fourth-order valence-electron chi connectivity index (χ4n) is 11.0. The van der Waals surface area contributed by atoms with E-state index in [0.717, 1.165) is 6.92 Å². The molecular weight excluding hydrogens is 811 g/mol. The van der Waals surface area contributed by atoms with E-state index in [4.69, 9.17) is 23.7 Å². The molecule has 3 aromatic carbocycles. The average molecular weight is 866 g/mol. The lowest BCUT2D eigenvalue weighted by Gasteiger charge is -2.68. The highest BCUT2D eigenvalue weighted by Gasteiger charge is 2.79. The molecule has 3 N–H and O–H groups in total. The largest absolute Gasteiger partial charge is 0.457 e. The summed E-state index contributed by atoms with van der Waals surface area (Å²) in [5.41, 5.74) is -6.32. The van der Waals surface area contributed by atoms with E-state index in [0.29, 0.717) is 11.1 Å². The predicted molar refractivity (Wildman–Crippen MR) is 225 cm³/mol. The average Bonchev–Trinajstić information content (AvgIpc) is 3.25. The second kappa shape index (κ2) is 16.8. The third kappa shape index (κ3) is 7.35. The topological polar surface area (TPSA) is 201 Å². The molecule has 2 bridgehead atoms. The van der Waals surface area contributed by atoms with Crippen molar-refractivity contribution in [2.75, 3.05) is 6.61 Å². The molecule has 0 spiro atoms. The van der Waals surface area contributed by atoms with Gasteiger partial charge in [0.2, 0.25) is 0 Å². The van der Waals surface area contributed by atoms with E-state index in [2.05, 4.69) is 5.32 Å². The fourth-order valence-corrected chi connectivity index (χ4v) is 11.0. The molecular formula is C49H55NO13. The Morgan fingerprint density at radius 3 is 1.94 bits per heavy atom. The number of benzene rings is 3. The smallest absolute Gasteiger partial charge is 0.338 e. The zero-order valence-corrected chi connectivity index (χ0v) is 36.7. The molecule has 14 nitrogen and oxygen atoms in total. The minimum absolute atomic E-state index is 0.0758. The maximum absolute atomic E-state index is 15.6. The number of hydrogen-bond donors (Lipinski definition) is 3. The van der Waals surface area contributed by atoms with E-state index in [1.807, 2.05) is 0 Å². The highest BCUT2D eigenvalue weighted by Crippen LogP contribution is 2.65. The van der Waals surface area contributed by atoms with Crippen LogP contribution < -0.4 is 5.32 Å². The van der Waals surface area contributed by atoms with E-state index in [1.54, 1.807) is 113 Å². The zero-order valence-electron chi connectivity index (χ0n) is 36.7. The summed E-state index contributed by atoms with van der Waals surface area (Å²) in [5.74, 6) is -8.29. The fraction of sp³-hybridized carbons (Fsp3) is 0.469. The Morgan fingerprint density at radius 2 is 1.40 bits per heavy atom. The van der Waals surface area contributed by atoms with Gasteiger partial charge in [0, 0.05) is 37.2 Å². The number of ether oxygens (including phenoxy) is 5. The number of ketones is 1. The third-order valence-electron chi connectivity index (χ3n) is 14.3. The molecule has 2 saturated carbocycles. The monoisotopic (exact) mass is 865 g/mol. The van der Waals surface area contributed by atoms with E-state index >= 15 is 4.79 Å². The summed E-state index contributed by atoms with van der Waals surface area (Å²) in [6.07, 6.45) is -7.64. The van der Waals surface area contributed by atoms with Gasteiger partial charge in [0.15, 0.2) is 17.5 Å². The highest BCUT2D eigenvalue weighted by atomic mass is 16.6. The molecule has 1 saturated heterocycles. The van der Waals surface area contributed by atoms with Crippen molar-refractivity contribution in [3.63, 3.8) is 0 Å². The number of carbonyl (C=O) groups excluding carboxylic acids is 6. The van der Waals surface area contributed by atoms with Crippen LogP contribution in [0.5, 0.6) is 0 Å². The Balaban J connectivity index is 1.42. The number of carbonyl (C=O) groups is 6. The van der Waals surface area contributed by atoms with Crippen LogP contribution in [0.3, 0.4) is 0 Å². The van der Waals surface area contributed by atoms with Crippen LogP contribution in [0.4, 0.5) is 0 Å². The number of esters is 4. The Labute approximate surface area is 366 Å². The molecule has 14 heteroatoms. The minimum Gasteiger partial charge on any atom is -0.457 e. The number of aliphatic hydroxyl groups excluding tert-OH is 1. The van der Waals surface area contributed by atoms with Crippen molar-refractivity contribution >= 4 is 35.6 Å². The lowest BCUT2D eigenvalue weighted by molar-refractivity contribution is -0.349. The van der Waals surface area contributed by atoms with Crippen LogP contribution in [0, 0.1) is 28.6 Å². The molecule has 4 aliphatic rings. The molecule has 1 aliphatic heterocycles. The van der Waals surface area contributed by atoms with E-state index in [1.165, 1.54) is 26.0 Å². The van der Waals surface area contributed by atoms with Crippen molar-refractivity contribution < 1.29 is 62.7 Å². The van der Waals surface area contributed by atoms with Crippen LogP contribution in [0.1, 0.15) is 94.1 Å². The van der Waals surface area contributed by atoms with Crippen LogP contribution in [-0.2, 0) is 42.9 Å². The number of nitrogens with one attached hydrogen (secondary N) is 1. The molecule has 1 amide bonds. The van der Waals surface area contributed by atoms with Gasteiger partial charge in [0.05, 0.1) is 41.6 Å². The number of Topliss-reactive ketones (excluding diaryl/α,β-unsaturated/α-hetero) is 1. The Bertz CT molecular complexity index is 2310. The van der Waals surface area contributed by atoms with E-state index in [9.17, 15) is 34.2 Å². The quantitative estimate of drug-likeness (QED) is 0.136. The van der Waals surface area contributed by atoms with Gasteiger partial charge in [0.25, 0.3) is 5.91 Å². The normalized spacial score (nSPS) is 32.7. The van der Waals surface area contributed by atoms with Gasteiger partial charge in [-0.05, 0) is 61.7 Å². The van der Waals surface area contributed by atoms with E-state index in [-0.39, 0.29) is 29.7 Å². The van der Waals surface area contributed by atoms with Crippen molar-refractivity contribution in [1.29, 1.82) is 0 Å². The SMILES string of the molecule is CC(=O)OC1C(=O)C2(C)C(O)CC3OCC3(OC(C)=O)C2C(OC(=O)c2ccccc2)C2(O)C(C)C(OC(=O)C(C)C(NC(=O)c3ccccc3)c3ccccc3)C(C)=C1C2(C)C. The van der Waals surface area contributed by atoms with Gasteiger partial charge in [-0.1, -0.05) is 87.5 Å². The molecule has 12 unspecified atom stereocenters. The highest BCUT2D eigenvalue weighted by molar-refractivity contribution is 5.96. The Hall–Kier alpha value is -5.70. The van der Waals surface area contributed by atoms with Gasteiger partial charge in [-0.25, -0.2) is 4.79 Å². The first-order valence-corrected chi connectivity index (χ1v) is 21.2. The molecule has 1 heterocycles. The molecule has 3 aromatic rings. The first-order chi connectivity index (χ1) is 29.7. The maximum atomic E-state index is 15.6. The van der Waals surface area contributed by atoms with Crippen LogP contribution in [0.2, 0.25) is 0 Å². The molecule has 3 aliphatic carbocycles. The third-order valence-corrected chi connectivity index (χ3v) is 14.3. The first-order valence-electron chi connectivity index (χ1n) is 21.2. The molecule has 0 radical (unpaired) electrons. The van der Waals surface area contributed by atoms with Crippen molar-refractivity contribution in [3.05, 3.63) is 119 Å². The summed E-state index contributed by atoms with van der Waals surface area (Å²) in [6, 6.07) is 24.5. The summed E-state index contributed by atoms with van der Waals surface area (Å²) in [6.45, 7) is 11.5. The molecule has 0 aromatic heterocycles. The van der Waals surface area contributed by atoms with E-state index < -0.39 is 112 Å². The zero-order chi connectivity index (χ0) is 45.8. The molecule has 334 valence electrons. The van der Waals surface area contributed by atoms with Crippen LogP contribution in [-0.4, -0.2) is 94.1 Å². The van der Waals surface area contributed by atoms with Gasteiger partial charge in [-0.3, -0.25) is 24.0 Å². The van der Waals surface area contributed by atoms with Gasteiger partial charge < -0.3 is 39.2 Å². The molecule has 12 atom stereocenters. The Morgan fingerprint density at radius 1 is 0.825 bits per heavy atom. The summed E-state index contributed by atoms with van der Waals surface area (Å²) in [4.78, 5) is 84.5. The molecule has 63 heavy (non-hydrogen) atoms. The summed E-state index contributed by atoms with van der Waals surface area (Å²) in [5, 5.41) is 29.1. The number of aliphatic hydroxyl groups is 2. The van der Waals surface area contributed by atoms with Crippen molar-refractivity contribution in [3.8, 4) is 0 Å². The number of fused-ring (bicyclic) bond motifs is 5. The van der Waals surface area contributed by atoms with Crippen LogP contribution in [0.25, 0.3) is 0 Å². The van der Waals surface area contributed by atoms with Crippen LogP contribution >= 0.6 is 0 Å². The maximum Gasteiger partial charge on any atom is 0.338 e. The number of rotatable bonds is 10. The number of amides is 1. The summed E-state index contributed by atoms with van der Waals surface area (Å²) < 4.78 is 31.0. The van der Waals surface area contributed by atoms with Gasteiger partial charge in [-0.15, -0.1) is 0 Å². The summed E-state index contributed by atoms with van der Waals surface area (Å²) >= 11 is 0. The lowest BCUT2D eigenvalue weighted by atomic mass is 9.43. The van der Waals surface area contributed by atoms with Crippen molar-refractivity contribution in [2.45, 2.75) is 110 Å². The number of hydrogen-bond acceptors (Lipinski definition) is 13. The first kappa shape index (κ1) is 45.3. The molecule has 7 rings (SSSR count). The summed E-state index contributed by atoms with van der Waals surface area (Å²) in [7, 11) is 0. The van der Waals surface area contributed by atoms with Gasteiger partial charge in [0.1, 0.15) is 23.9 Å². The second-order valence-corrected chi connectivity index (χ2v) is 18.1. The van der Waals surface area contributed by atoms with Crippen LogP contribution in [0.15, 0.2) is 102 Å². The minimum atomic E-state index is -2.35. The van der Waals surface area contributed by atoms with Gasteiger partial charge >= 0.3 is 23.9 Å². The Kier molecular flexibility index (Phi) is 12.1. The predicted octanol–water partition coefficient (Wildman–Crippen LogP) is 5.26. The van der Waals surface area contributed by atoms with Crippen molar-refractivity contribution in [1.82, 2.24) is 5.32 Å². The lowest BCUT2D eigenvalue weighted by Crippen LogP contribution is -2.82.